The van der Waals surface area contributed by atoms with Gasteiger partial charge in [-0.15, -0.1) is 6.42 Å². The molecule has 3 aliphatic rings. The van der Waals surface area contributed by atoms with Crippen molar-refractivity contribution in [3.63, 3.8) is 0 Å². The number of pyridine rings is 1. The van der Waals surface area contributed by atoms with Crippen molar-refractivity contribution in [3.8, 4) is 18.2 Å². The second kappa shape index (κ2) is 8.35. The van der Waals surface area contributed by atoms with Crippen LogP contribution >= 0.6 is 0 Å². The number of amides is 2. The first-order valence-corrected chi connectivity index (χ1v) is 12.5. The number of carbonyl (C=O) groups is 1. The number of aromatic nitrogens is 3. The average molecular weight is 472 g/mol. The van der Waals surface area contributed by atoms with Crippen molar-refractivity contribution in [1.29, 1.82) is 0 Å². The van der Waals surface area contributed by atoms with Crippen LogP contribution in [0.3, 0.4) is 0 Å². The van der Waals surface area contributed by atoms with E-state index in [1.165, 1.54) is 4.68 Å². The molecule has 10 nitrogen and oxygen atoms in total. The zero-order chi connectivity index (χ0) is 23.2. The van der Waals surface area contributed by atoms with Gasteiger partial charge in [0.15, 0.2) is 4.90 Å². The smallest absolute Gasteiger partial charge is 0.333 e. The van der Waals surface area contributed by atoms with Crippen LogP contribution in [-0.4, -0.2) is 48.5 Å². The van der Waals surface area contributed by atoms with Crippen molar-refractivity contribution in [2.45, 2.75) is 62.5 Å². The summed E-state index contributed by atoms with van der Waals surface area (Å²) >= 11 is 0. The highest BCUT2D eigenvalue weighted by Gasteiger charge is 2.33. The van der Waals surface area contributed by atoms with Crippen molar-refractivity contribution in [1.82, 2.24) is 19.5 Å². The van der Waals surface area contributed by atoms with Gasteiger partial charge in [0, 0.05) is 11.4 Å². The summed E-state index contributed by atoms with van der Waals surface area (Å²) in [6, 6.07) is -0.817. The van der Waals surface area contributed by atoms with Crippen LogP contribution in [0, 0.1) is 12.3 Å². The van der Waals surface area contributed by atoms with E-state index in [9.17, 15) is 13.2 Å². The maximum Gasteiger partial charge on any atom is 0.333 e. The minimum Gasteiger partial charge on any atom is -0.474 e. The fourth-order valence-corrected chi connectivity index (χ4v) is 5.76. The van der Waals surface area contributed by atoms with Crippen molar-refractivity contribution in [2.24, 2.45) is 0 Å². The van der Waals surface area contributed by atoms with Gasteiger partial charge in [-0.2, -0.15) is 5.10 Å². The zero-order valence-corrected chi connectivity index (χ0v) is 19.1. The van der Waals surface area contributed by atoms with Crippen LogP contribution in [-0.2, 0) is 40.6 Å². The Bertz CT molecular complexity index is 1260. The van der Waals surface area contributed by atoms with Gasteiger partial charge in [-0.25, -0.2) is 22.6 Å². The monoisotopic (exact) mass is 471 g/mol. The van der Waals surface area contributed by atoms with Crippen LogP contribution in [0.4, 0.5) is 10.5 Å². The van der Waals surface area contributed by atoms with Crippen LogP contribution in [0.2, 0.25) is 0 Å². The predicted molar refractivity (Wildman–Crippen MR) is 119 cm³/mol. The van der Waals surface area contributed by atoms with E-state index in [1.807, 2.05) is 0 Å². The van der Waals surface area contributed by atoms with E-state index in [2.05, 4.69) is 28.0 Å². The summed E-state index contributed by atoms with van der Waals surface area (Å²) in [6.45, 7) is 2.68. The lowest BCUT2D eigenvalue weighted by Crippen LogP contribution is -2.36. The largest absolute Gasteiger partial charge is 0.474 e. The Balaban J connectivity index is 1.35. The minimum atomic E-state index is -4.21. The van der Waals surface area contributed by atoms with Crippen LogP contribution in [0.15, 0.2) is 11.1 Å². The van der Waals surface area contributed by atoms with E-state index >= 15 is 0 Å². The Labute approximate surface area is 192 Å². The van der Waals surface area contributed by atoms with E-state index in [1.54, 1.807) is 0 Å². The number of ether oxygens (including phenoxy) is 2. The predicted octanol–water partition coefficient (Wildman–Crippen LogP) is 1.74. The van der Waals surface area contributed by atoms with E-state index in [4.69, 9.17) is 20.9 Å². The molecule has 33 heavy (non-hydrogen) atoms. The minimum absolute atomic E-state index is 0.0652. The summed E-state index contributed by atoms with van der Waals surface area (Å²) in [4.78, 5) is 17.4. The number of nitrogens with zero attached hydrogens (tertiary/aromatic N) is 3. The SMILES string of the molecule is C#CCOC1COc2c(S(=O)(=O)NC(=O)Nc3c4c(nc5c3CCC5C)CCC4)cnn2C1. The van der Waals surface area contributed by atoms with Gasteiger partial charge in [-0.3, -0.25) is 4.98 Å². The number of hydrogen-bond acceptors (Lipinski definition) is 7. The second-order valence-corrected chi connectivity index (χ2v) is 10.2. The Morgan fingerprint density at radius 3 is 3.03 bits per heavy atom. The molecule has 0 saturated heterocycles. The summed E-state index contributed by atoms with van der Waals surface area (Å²) in [5.74, 6) is 2.77. The third-order valence-corrected chi connectivity index (χ3v) is 7.66. The molecule has 0 aromatic carbocycles. The Morgan fingerprint density at radius 1 is 1.36 bits per heavy atom. The van der Waals surface area contributed by atoms with E-state index in [0.717, 1.165) is 60.8 Å². The van der Waals surface area contributed by atoms with Crippen LogP contribution in [0.5, 0.6) is 5.88 Å². The number of carbonyl (C=O) groups excluding carboxylic acids is 1. The van der Waals surface area contributed by atoms with Gasteiger partial charge >= 0.3 is 6.03 Å². The third-order valence-electron chi connectivity index (χ3n) is 6.35. The maximum atomic E-state index is 13.0. The highest BCUT2D eigenvalue weighted by Crippen LogP contribution is 2.41. The van der Waals surface area contributed by atoms with Crippen molar-refractivity contribution < 1.29 is 22.7 Å². The fourth-order valence-electron chi connectivity index (χ4n) is 4.77. The van der Waals surface area contributed by atoms with E-state index < -0.39 is 16.1 Å². The van der Waals surface area contributed by atoms with Gasteiger partial charge in [0.2, 0.25) is 5.88 Å². The molecule has 11 heteroatoms. The summed E-state index contributed by atoms with van der Waals surface area (Å²) in [5.41, 5.74) is 4.75. The lowest BCUT2D eigenvalue weighted by molar-refractivity contribution is 0.00159. The van der Waals surface area contributed by atoms with Gasteiger partial charge in [0.1, 0.15) is 19.3 Å². The lowest BCUT2D eigenvalue weighted by Gasteiger charge is -2.24. The van der Waals surface area contributed by atoms with Gasteiger partial charge < -0.3 is 14.8 Å². The second-order valence-electron chi connectivity index (χ2n) is 8.57. The van der Waals surface area contributed by atoms with Gasteiger partial charge in [0.25, 0.3) is 10.0 Å². The number of anilines is 1. The summed E-state index contributed by atoms with van der Waals surface area (Å²) in [5, 5.41) is 6.89. The number of rotatable bonds is 5. The number of terminal acetylenes is 1. The Morgan fingerprint density at radius 2 is 2.21 bits per heavy atom. The Kier molecular flexibility index (Phi) is 5.50. The molecule has 0 bridgehead atoms. The number of hydrogen-bond donors (Lipinski definition) is 2. The lowest BCUT2D eigenvalue weighted by atomic mass is 10.0. The molecule has 0 fully saturated rings. The molecule has 2 atom stereocenters. The molecule has 2 aliphatic carbocycles. The number of sulfonamides is 1. The summed E-state index contributed by atoms with van der Waals surface area (Å²) < 4.78 is 40.4. The fraction of sp³-hybridized carbons (Fsp3) is 0.500. The van der Waals surface area contributed by atoms with Crippen LogP contribution in [0.25, 0.3) is 0 Å². The third kappa shape index (κ3) is 3.94. The molecule has 3 heterocycles. The van der Waals surface area contributed by atoms with Crippen molar-refractivity contribution in [2.75, 3.05) is 18.5 Å². The number of urea groups is 1. The molecule has 2 unspecified atom stereocenters. The number of aryl methyl sites for hydroxylation is 1. The van der Waals surface area contributed by atoms with Crippen LogP contribution < -0.4 is 14.8 Å². The number of nitrogens with one attached hydrogen (secondary N) is 2. The topological polar surface area (TPSA) is 124 Å². The van der Waals surface area contributed by atoms with Crippen LogP contribution in [0.1, 0.15) is 48.2 Å². The average Bonchev–Trinajstić information content (AvgIpc) is 3.50. The molecule has 5 rings (SSSR count). The van der Waals surface area contributed by atoms with Gasteiger partial charge in [0.05, 0.1) is 18.4 Å². The Hall–Kier alpha value is -3.10. The molecule has 0 saturated carbocycles. The molecule has 1 aliphatic heterocycles. The molecule has 2 aromatic heterocycles. The first-order valence-electron chi connectivity index (χ1n) is 11.0. The van der Waals surface area contributed by atoms with Gasteiger partial charge in [-0.1, -0.05) is 12.8 Å². The normalized spacial score (nSPS) is 20.8. The van der Waals surface area contributed by atoms with E-state index in [-0.39, 0.29) is 30.1 Å². The zero-order valence-electron chi connectivity index (χ0n) is 18.3. The maximum absolute atomic E-state index is 13.0. The highest BCUT2D eigenvalue weighted by molar-refractivity contribution is 7.90. The molecule has 174 valence electrons. The molecule has 0 spiro atoms. The van der Waals surface area contributed by atoms with Crippen molar-refractivity contribution in [3.05, 3.63) is 28.7 Å². The molecule has 2 N–H and O–H groups in total. The first-order chi connectivity index (χ1) is 15.9. The first kappa shape index (κ1) is 21.7. The van der Waals surface area contributed by atoms with E-state index in [0.29, 0.717) is 18.2 Å². The molecular formula is C22H25N5O5S. The highest BCUT2D eigenvalue weighted by atomic mass is 32.2. The summed E-state index contributed by atoms with van der Waals surface area (Å²) in [6.07, 6.45) is 10.5. The molecule has 2 amide bonds. The molecular weight excluding hydrogens is 446 g/mol. The number of fused-ring (bicyclic) bond motifs is 3. The quantitative estimate of drug-likeness (QED) is 0.637. The van der Waals surface area contributed by atoms with Crippen molar-refractivity contribution >= 4 is 21.7 Å². The van der Waals surface area contributed by atoms with Gasteiger partial charge in [-0.05, 0) is 49.1 Å². The summed E-state index contributed by atoms with van der Waals surface area (Å²) in [7, 11) is -4.21. The molecule has 0 radical (unpaired) electrons. The molecule has 2 aromatic rings. The standard InChI is InChI=1S/C22H25N5O5S/c1-3-9-31-14-11-27-21(32-12-14)18(10-23-27)33(29,30)26-22(28)25-20-15-5-4-6-17(15)24-19-13(2)7-8-16(19)20/h1,10,13-14H,4-9,11-12H2,2H3,(H2,24,25,26,28).